The van der Waals surface area contributed by atoms with Crippen LogP contribution in [-0.4, -0.2) is 32.2 Å². The fourth-order valence-corrected chi connectivity index (χ4v) is 4.29. The highest BCUT2D eigenvalue weighted by Crippen LogP contribution is 2.23. The second kappa shape index (κ2) is 8.31. The van der Waals surface area contributed by atoms with Crippen molar-refractivity contribution in [2.45, 2.75) is 38.8 Å². The molecule has 0 bridgehead atoms. The third-order valence-electron chi connectivity index (χ3n) is 4.12. The van der Waals surface area contributed by atoms with Gasteiger partial charge in [0.05, 0.1) is 11.9 Å². The molecule has 0 aromatic heterocycles. The molecule has 0 aliphatic carbocycles. The summed E-state index contributed by atoms with van der Waals surface area (Å²) in [5.74, 6) is -0.365. The lowest BCUT2D eigenvalue weighted by atomic mass is 9.94. The molecule has 2 rings (SSSR count). The van der Waals surface area contributed by atoms with Crippen molar-refractivity contribution in [3.05, 3.63) is 65.2 Å². The summed E-state index contributed by atoms with van der Waals surface area (Å²) in [6.07, 6.45) is 1.71. The smallest absolute Gasteiger partial charge is 0.244 e. The number of nitrogens with zero attached hydrogens (tertiary/aromatic N) is 1. The molecule has 0 aliphatic heterocycles. The average Bonchev–Trinajstić information content (AvgIpc) is 2.55. The van der Waals surface area contributed by atoms with Crippen LogP contribution in [0, 0.1) is 0 Å². The van der Waals surface area contributed by atoms with E-state index in [1.807, 2.05) is 44.2 Å². The number of nitrogens with one attached hydrogen (secondary N) is 1. The molecule has 1 atom stereocenters. The Morgan fingerprint density at radius 1 is 1.11 bits per heavy atom. The molecule has 0 aliphatic rings. The highest BCUT2D eigenvalue weighted by Gasteiger charge is 2.32. The van der Waals surface area contributed by atoms with Gasteiger partial charge in [0, 0.05) is 10.6 Å². The number of carbonyl (C=O) groups is 1. The molecule has 1 amide bonds. The summed E-state index contributed by atoms with van der Waals surface area (Å²) in [6.45, 7) is 5.40. The minimum absolute atomic E-state index is 0.365. The minimum Gasteiger partial charge on any atom is -0.349 e. The monoisotopic (exact) mass is 408 g/mol. The molecule has 7 heteroatoms. The van der Waals surface area contributed by atoms with Crippen LogP contribution in [0.5, 0.6) is 0 Å². The maximum absolute atomic E-state index is 12.8. The summed E-state index contributed by atoms with van der Waals surface area (Å²) in [4.78, 5) is 12.8. The van der Waals surface area contributed by atoms with E-state index in [1.165, 1.54) is 0 Å². The van der Waals surface area contributed by atoms with Crippen LogP contribution < -0.4 is 9.62 Å². The Hall–Kier alpha value is -2.05. The van der Waals surface area contributed by atoms with Crippen LogP contribution >= 0.6 is 11.6 Å². The van der Waals surface area contributed by atoms with Gasteiger partial charge < -0.3 is 5.32 Å². The van der Waals surface area contributed by atoms with E-state index in [2.05, 4.69) is 5.32 Å². The van der Waals surface area contributed by atoms with Crippen molar-refractivity contribution in [3.63, 3.8) is 0 Å². The van der Waals surface area contributed by atoms with Crippen molar-refractivity contribution < 1.29 is 13.2 Å². The van der Waals surface area contributed by atoms with Gasteiger partial charge >= 0.3 is 0 Å². The molecule has 0 radical (unpaired) electrons. The van der Waals surface area contributed by atoms with E-state index in [1.54, 1.807) is 31.2 Å². The number of hydrogen-bond acceptors (Lipinski definition) is 3. The molecule has 2 aromatic carbocycles. The predicted molar refractivity (Wildman–Crippen MR) is 111 cm³/mol. The summed E-state index contributed by atoms with van der Waals surface area (Å²) in [5.41, 5.74) is 0.953. The quantitative estimate of drug-likeness (QED) is 0.760. The zero-order chi connectivity index (χ0) is 20.2. The molecule has 0 spiro atoms. The standard InChI is InChI=1S/C20H25ClN2O3S/c1-15(23(27(4,25)26)18-12-10-17(21)11-13-18)19(24)22-20(2,3)14-16-8-6-5-7-9-16/h5-13,15H,14H2,1-4H3,(H,22,24)/t15-/m1/s1. The molecule has 146 valence electrons. The molecule has 5 nitrogen and oxygen atoms in total. The maximum Gasteiger partial charge on any atom is 0.244 e. The van der Waals surface area contributed by atoms with Crippen molar-refractivity contribution in [2.24, 2.45) is 0 Å². The molecule has 0 saturated heterocycles. The Labute approximate surface area is 166 Å². The molecule has 0 saturated carbocycles. The third-order valence-corrected chi connectivity index (χ3v) is 5.61. The van der Waals surface area contributed by atoms with Gasteiger partial charge in [-0.3, -0.25) is 9.10 Å². The largest absolute Gasteiger partial charge is 0.349 e. The number of amides is 1. The van der Waals surface area contributed by atoms with Crippen LogP contribution in [0.1, 0.15) is 26.3 Å². The normalized spacial score (nSPS) is 13.1. The first-order valence-corrected chi connectivity index (χ1v) is 10.8. The van der Waals surface area contributed by atoms with Crippen LogP contribution in [0.3, 0.4) is 0 Å². The Morgan fingerprint density at radius 2 is 1.67 bits per heavy atom. The molecule has 1 N–H and O–H groups in total. The molecule has 0 heterocycles. The summed E-state index contributed by atoms with van der Waals surface area (Å²) in [6, 6.07) is 15.3. The van der Waals surface area contributed by atoms with Gasteiger partial charge in [-0.2, -0.15) is 0 Å². The van der Waals surface area contributed by atoms with Crippen LogP contribution in [0.15, 0.2) is 54.6 Å². The first-order valence-electron chi connectivity index (χ1n) is 8.60. The number of sulfonamides is 1. The summed E-state index contributed by atoms with van der Waals surface area (Å²) in [5, 5.41) is 3.46. The maximum atomic E-state index is 12.8. The molecule has 27 heavy (non-hydrogen) atoms. The first-order chi connectivity index (χ1) is 12.5. The highest BCUT2D eigenvalue weighted by atomic mass is 35.5. The van der Waals surface area contributed by atoms with E-state index in [9.17, 15) is 13.2 Å². The topological polar surface area (TPSA) is 66.5 Å². The summed E-state index contributed by atoms with van der Waals surface area (Å²) < 4.78 is 25.8. The van der Waals surface area contributed by atoms with Crippen molar-refractivity contribution >= 4 is 33.2 Å². The van der Waals surface area contributed by atoms with Crippen LogP contribution in [0.4, 0.5) is 5.69 Å². The first kappa shape index (κ1) is 21.3. The van der Waals surface area contributed by atoms with Crippen LogP contribution in [-0.2, 0) is 21.2 Å². The van der Waals surface area contributed by atoms with Gasteiger partial charge in [0.25, 0.3) is 0 Å². The zero-order valence-electron chi connectivity index (χ0n) is 15.9. The van der Waals surface area contributed by atoms with Gasteiger partial charge in [-0.1, -0.05) is 41.9 Å². The second-order valence-corrected chi connectivity index (χ2v) is 9.54. The number of benzene rings is 2. The van der Waals surface area contributed by atoms with Gasteiger partial charge in [-0.25, -0.2) is 8.42 Å². The van der Waals surface area contributed by atoms with E-state index < -0.39 is 21.6 Å². The highest BCUT2D eigenvalue weighted by molar-refractivity contribution is 7.92. The van der Waals surface area contributed by atoms with E-state index in [0.717, 1.165) is 16.1 Å². The number of hydrogen-bond donors (Lipinski definition) is 1. The van der Waals surface area contributed by atoms with Crippen molar-refractivity contribution in [1.29, 1.82) is 0 Å². The van der Waals surface area contributed by atoms with Crippen molar-refractivity contribution in [3.8, 4) is 0 Å². The van der Waals surface area contributed by atoms with E-state index in [-0.39, 0.29) is 5.91 Å². The molecular formula is C20H25ClN2O3S. The number of carbonyl (C=O) groups excluding carboxylic acids is 1. The fraction of sp³-hybridized carbons (Fsp3) is 0.350. The van der Waals surface area contributed by atoms with E-state index in [0.29, 0.717) is 17.1 Å². The van der Waals surface area contributed by atoms with Gasteiger partial charge in [-0.15, -0.1) is 0 Å². The van der Waals surface area contributed by atoms with E-state index >= 15 is 0 Å². The Bertz CT molecular complexity index is 881. The van der Waals surface area contributed by atoms with Gasteiger partial charge in [0.2, 0.25) is 15.9 Å². The van der Waals surface area contributed by atoms with Gasteiger partial charge in [-0.05, 0) is 57.0 Å². The third kappa shape index (κ3) is 5.97. The van der Waals surface area contributed by atoms with Crippen LogP contribution in [0.2, 0.25) is 5.02 Å². The van der Waals surface area contributed by atoms with Crippen molar-refractivity contribution in [1.82, 2.24) is 5.32 Å². The molecule has 0 unspecified atom stereocenters. The molecule has 2 aromatic rings. The summed E-state index contributed by atoms with van der Waals surface area (Å²) >= 11 is 5.89. The lowest BCUT2D eigenvalue weighted by molar-refractivity contribution is -0.123. The fourth-order valence-electron chi connectivity index (χ4n) is 2.99. The number of rotatable bonds is 7. The molecule has 0 fully saturated rings. The SMILES string of the molecule is C[C@H](C(=O)NC(C)(C)Cc1ccccc1)N(c1ccc(Cl)cc1)S(C)(=O)=O. The minimum atomic E-state index is -3.66. The number of halogens is 1. The van der Waals surface area contributed by atoms with E-state index in [4.69, 9.17) is 11.6 Å². The Morgan fingerprint density at radius 3 is 2.19 bits per heavy atom. The Balaban J connectivity index is 2.20. The average molecular weight is 409 g/mol. The van der Waals surface area contributed by atoms with Crippen molar-refractivity contribution in [2.75, 3.05) is 10.6 Å². The summed E-state index contributed by atoms with van der Waals surface area (Å²) in [7, 11) is -3.66. The van der Waals surface area contributed by atoms with Crippen LogP contribution in [0.25, 0.3) is 0 Å². The predicted octanol–water partition coefficient (Wildman–Crippen LogP) is 3.63. The number of anilines is 1. The van der Waals surface area contributed by atoms with Gasteiger partial charge in [0.1, 0.15) is 6.04 Å². The lowest BCUT2D eigenvalue weighted by Crippen LogP contribution is -2.54. The second-order valence-electron chi connectivity index (χ2n) is 7.25. The zero-order valence-corrected chi connectivity index (χ0v) is 17.5. The van der Waals surface area contributed by atoms with Gasteiger partial charge in [0.15, 0.2) is 0 Å². The lowest BCUT2D eigenvalue weighted by Gasteiger charge is -2.32. The molecular weight excluding hydrogens is 384 g/mol. The Kier molecular flexibility index (Phi) is 6.54.